The van der Waals surface area contributed by atoms with E-state index in [1.54, 1.807) is 13.8 Å². The van der Waals surface area contributed by atoms with Gasteiger partial charge < -0.3 is 14.6 Å². The molecule has 0 amide bonds. The van der Waals surface area contributed by atoms with Gasteiger partial charge in [0.05, 0.1) is 13.2 Å². The Morgan fingerprint density at radius 2 is 1.75 bits per heavy atom. The van der Waals surface area contributed by atoms with Crippen molar-refractivity contribution < 1.29 is 24.2 Å². The van der Waals surface area contributed by atoms with Crippen molar-refractivity contribution in [3.63, 3.8) is 0 Å². The minimum absolute atomic E-state index is 0.144. The van der Waals surface area contributed by atoms with E-state index in [9.17, 15) is 14.7 Å². The summed E-state index contributed by atoms with van der Waals surface area (Å²) in [6, 6.07) is 9.44. The number of rotatable bonds is 10. The fraction of sp³-hybridized carbons (Fsp3) is 0.368. The van der Waals surface area contributed by atoms with E-state index >= 15 is 0 Å². The number of esters is 1. The third-order valence-electron chi connectivity index (χ3n) is 3.47. The van der Waals surface area contributed by atoms with Gasteiger partial charge in [-0.2, -0.15) is 0 Å². The van der Waals surface area contributed by atoms with E-state index in [0.29, 0.717) is 37.0 Å². The van der Waals surface area contributed by atoms with Gasteiger partial charge in [0.2, 0.25) is 0 Å². The summed E-state index contributed by atoms with van der Waals surface area (Å²) in [5, 5.41) is 9.17. The Bertz CT molecular complexity index is 601. The number of aliphatic carboxylic acids is 1. The van der Waals surface area contributed by atoms with E-state index < -0.39 is 11.9 Å². The lowest BCUT2D eigenvalue weighted by atomic mass is 10.0. The number of para-hydroxylation sites is 1. The quantitative estimate of drug-likeness (QED) is 0.401. The fourth-order valence-electron chi connectivity index (χ4n) is 2.03. The predicted octanol–water partition coefficient (Wildman–Crippen LogP) is 3.76. The third-order valence-corrected chi connectivity index (χ3v) is 3.47. The Labute approximate surface area is 142 Å². The van der Waals surface area contributed by atoms with Gasteiger partial charge in [0.15, 0.2) is 0 Å². The lowest BCUT2D eigenvalue weighted by molar-refractivity contribution is -0.138. The molecular formula is C19H24O5. The van der Waals surface area contributed by atoms with Gasteiger partial charge >= 0.3 is 11.9 Å². The van der Waals surface area contributed by atoms with Gasteiger partial charge in [0.1, 0.15) is 5.75 Å². The zero-order chi connectivity index (χ0) is 17.9. The number of carboxylic acid groups (broad SMARTS) is 1. The van der Waals surface area contributed by atoms with Gasteiger partial charge in [-0.1, -0.05) is 30.4 Å². The van der Waals surface area contributed by atoms with Crippen molar-refractivity contribution in [1.29, 1.82) is 0 Å². The molecule has 5 heteroatoms. The van der Waals surface area contributed by atoms with Crippen LogP contribution in [0.2, 0.25) is 0 Å². The maximum Gasteiger partial charge on any atom is 0.333 e. The summed E-state index contributed by atoms with van der Waals surface area (Å²) in [6.45, 7) is 7.28. The van der Waals surface area contributed by atoms with Crippen LogP contribution >= 0.6 is 0 Å². The Morgan fingerprint density at radius 1 is 1.08 bits per heavy atom. The summed E-state index contributed by atoms with van der Waals surface area (Å²) in [5.74, 6) is -0.636. The molecule has 0 aliphatic rings. The van der Waals surface area contributed by atoms with Gasteiger partial charge in [0.25, 0.3) is 0 Å². The smallest absolute Gasteiger partial charge is 0.333 e. The van der Waals surface area contributed by atoms with Gasteiger partial charge in [-0.25, -0.2) is 9.59 Å². The normalized spacial score (nSPS) is 11.4. The van der Waals surface area contributed by atoms with Crippen LogP contribution in [0.1, 0.15) is 33.1 Å². The Balaban J connectivity index is 2.48. The minimum atomic E-state index is -0.958. The van der Waals surface area contributed by atoms with E-state index in [1.807, 2.05) is 30.3 Å². The van der Waals surface area contributed by atoms with Crippen LogP contribution in [0.3, 0.4) is 0 Å². The second kappa shape index (κ2) is 10.3. The molecule has 0 aromatic heterocycles. The summed E-state index contributed by atoms with van der Waals surface area (Å²) in [6.07, 6.45) is 1.65. The van der Waals surface area contributed by atoms with Gasteiger partial charge in [-0.15, -0.1) is 0 Å². The Kier molecular flexibility index (Phi) is 8.33. The second-order valence-corrected chi connectivity index (χ2v) is 5.47. The summed E-state index contributed by atoms with van der Waals surface area (Å²) in [7, 11) is 0. The number of carbonyl (C=O) groups is 2. The zero-order valence-corrected chi connectivity index (χ0v) is 14.2. The molecule has 0 fully saturated rings. The van der Waals surface area contributed by atoms with Gasteiger partial charge in [-0.05, 0) is 38.8 Å². The SMILES string of the molecule is C=C(C)C(=O)OCCC(CCCOc1ccccc1)=C(C)C(=O)O. The maximum absolute atomic E-state index is 11.4. The molecule has 0 saturated heterocycles. The molecule has 1 rings (SSSR count). The summed E-state index contributed by atoms with van der Waals surface area (Å²) < 4.78 is 10.6. The van der Waals surface area contributed by atoms with Crippen LogP contribution in [0, 0.1) is 0 Å². The second-order valence-electron chi connectivity index (χ2n) is 5.47. The molecule has 130 valence electrons. The number of ether oxygens (including phenoxy) is 2. The molecule has 0 atom stereocenters. The maximum atomic E-state index is 11.4. The molecule has 0 spiro atoms. The van der Waals surface area contributed by atoms with E-state index in [0.717, 1.165) is 11.3 Å². The van der Waals surface area contributed by atoms with E-state index in [1.165, 1.54) is 0 Å². The first-order valence-electron chi connectivity index (χ1n) is 7.84. The summed E-state index contributed by atoms with van der Waals surface area (Å²) in [4.78, 5) is 22.6. The number of carbonyl (C=O) groups excluding carboxylic acids is 1. The van der Waals surface area contributed by atoms with Crippen LogP contribution in [0.4, 0.5) is 0 Å². The Hall–Kier alpha value is -2.56. The van der Waals surface area contributed by atoms with Crippen LogP contribution in [-0.2, 0) is 14.3 Å². The van der Waals surface area contributed by atoms with Crippen molar-refractivity contribution in [2.45, 2.75) is 33.1 Å². The number of benzene rings is 1. The van der Waals surface area contributed by atoms with Crippen molar-refractivity contribution in [2.24, 2.45) is 0 Å². The average molecular weight is 332 g/mol. The van der Waals surface area contributed by atoms with Gasteiger partial charge in [-0.3, -0.25) is 0 Å². The van der Waals surface area contributed by atoms with Crippen molar-refractivity contribution in [3.8, 4) is 5.75 Å². The molecule has 0 unspecified atom stereocenters. The molecule has 0 aliphatic carbocycles. The predicted molar refractivity (Wildman–Crippen MR) is 91.9 cm³/mol. The first-order valence-corrected chi connectivity index (χ1v) is 7.84. The Morgan fingerprint density at radius 3 is 2.33 bits per heavy atom. The van der Waals surface area contributed by atoms with Crippen LogP contribution in [-0.4, -0.2) is 30.3 Å². The van der Waals surface area contributed by atoms with E-state index in [4.69, 9.17) is 9.47 Å². The zero-order valence-electron chi connectivity index (χ0n) is 14.2. The first-order chi connectivity index (χ1) is 11.4. The van der Waals surface area contributed by atoms with Crippen LogP contribution in [0.15, 0.2) is 53.6 Å². The molecule has 0 aliphatic heterocycles. The standard InChI is InChI=1S/C19H24O5/c1-14(2)19(22)24-13-11-16(15(3)18(20)21)8-7-12-23-17-9-5-4-6-10-17/h4-6,9-10H,1,7-8,11-13H2,2-3H3,(H,20,21). The van der Waals surface area contributed by atoms with Crippen molar-refractivity contribution in [2.75, 3.05) is 13.2 Å². The molecule has 24 heavy (non-hydrogen) atoms. The highest BCUT2D eigenvalue weighted by atomic mass is 16.5. The minimum Gasteiger partial charge on any atom is -0.494 e. The molecule has 5 nitrogen and oxygen atoms in total. The molecule has 0 saturated carbocycles. The van der Waals surface area contributed by atoms with Crippen LogP contribution in [0.25, 0.3) is 0 Å². The van der Waals surface area contributed by atoms with Crippen molar-refractivity contribution in [1.82, 2.24) is 0 Å². The lowest BCUT2D eigenvalue weighted by Gasteiger charge is -2.12. The molecule has 0 bridgehead atoms. The molecule has 1 aromatic carbocycles. The molecular weight excluding hydrogens is 308 g/mol. The van der Waals surface area contributed by atoms with Crippen LogP contribution in [0.5, 0.6) is 5.75 Å². The number of hydrogen-bond acceptors (Lipinski definition) is 4. The summed E-state index contributed by atoms with van der Waals surface area (Å²) in [5.41, 5.74) is 1.38. The highest BCUT2D eigenvalue weighted by molar-refractivity contribution is 5.87. The largest absolute Gasteiger partial charge is 0.494 e. The van der Waals surface area contributed by atoms with Crippen LogP contribution < -0.4 is 4.74 Å². The highest BCUT2D eigenvalue weighted by Gasteiger charge is 2.11. The van der Waals surface area contributed by atoms with Gasteiger partial charge in [0, 0.05) is 17.6 Å². The number of hydrogen-bond donors (Lipinski definition) is 1. The summed E-state index contributed by atoms with van der Waals surface area (Å²) >= 11 is 0. The fourth-order valence-corrected chi connectivity index (χ4v) is 2.03. The average Bonchev–Trinajstić information content (AvgIpc) is 2.56. The van der Waals surface area contributed by atoms with E-state index in [-0.39, 0.29) is 6.61 Å². The number of carboxylic acids is 1. The molecule has 1 N–H and O–H groups in total. The molecule has 1 aromatic rings. The highest BCUT2D eigenvalue weighted by Crippen LogP contribution is 2.17. The lowest BCUT2D eigenvalue weighted by Crippen LogP contribution is -2.10. The third kappa shape index (κ3) is 7.13. The molecule has 0 radical (unpaired) electrons. The monoisotopic (exact) mass is 332 g/mol. The van der Waals surface area contributed by atoms with Crippen molar-refractivity contribution in [3.05, 3.63) is 53.6 Å². The topological polar surface area (TPSA) is 72.8 Å². The first kappa shape index (κ1) is 19.5. The molecule has 0 heterocycles. The van der Waals surface area contributed by atoms with E-state index in [2.05, 4.69) is 6.58 Å². The van der Waals surface area contributed by atoms with Crippen molar-refractivity contribution >= 4 is 11.9 Å².